The summed E-state index contributed by atoms with van der Waals surface area (Å²) < 4.78 is 11.5. The van der Waals surface area contributed by atoms with E-state index in [4.69, 9.17) is 15.6 Å². The molecule has 0 radical (unpaired) electrons. The minimum absolute atomic E-state index is 0.539. The van der Waals surface area contributed by atoms with Crippen LogP contribution in [0.15, 0.2) is 59.0 Å². The Morgan fingerprint density at radius 2 is 1.83 bits per heavy atom. The SMILES string of the molecule is C#Cc1ccc(OCCc2nc(-c3ccccc3)oc2C)cc1. The third kappa shape index (κ3) is 3.61. The minimum atomic E-state index is 0.539. The van der Waals surface area contributed by atoms with E-state index in [1.165, 1.54) is 0 Å². The molecule has 1 heterocycles. The van der Waals surface area contributed by atoms with Gasteiger partial charge in [-0.25, -0.2) is 4.98 Å². The Balaban J connectivity index is 1.62. The highest BCUT2D eigenvalue weighted by Gasteiger charge is 2.11. The van der Waals surface area contributed by atoms with E-state index in [-0.39, 0.29) is 0 Å². The van der Waals surface area contributed by atoms with Gasteiger partial charge in [-0.05, 0) is 43.3 Å². The Labute approximate surface area is 135 Å². The smallest absolute Gasteiger partial charge is 0.226 e. The fraction of sp³-hybridized carbons (Fsp3) is 0.150. The van der Waals surface area contributed by atoms with Crippen LogP contribution in [0.4, 0.5) is 0 Å². The average molecular weight is 303 g/mol. The van der Waals surface area contributed by atoms with Gasteiger partial charge in [0, 0.05) is 17.5 Å². The number of oxazole rings is 1. The molecule has 0 saturated heterocycles. The molecule has 3 heteroatoms. The molecule has 0 amide bonds. The maximum absolute atomic E-state index is 5.74. The Morgan fingerprint density at radius 3 is 2.52 bits per heavy atom. The molecule has 2 aromatic carbocycles. The Morgan fingerprint density at radius 1 is 1.09 bits per heavy atom. The summed E-state index contributed by atoms with van der Waals surface area (Å²) in [6, 6.07) is 17.4. The highest BCUT2D eigenvalue weighted by Crippen LogP contribution is 2.22. The van der Waals surface area contributed by atoms with Crippen LogP contribution in [0.3, 0.4) is 0 Å². The molecule has 1 aromatic heterocycles. The highest BCUT2D eigenvalue weighted by molar-refractivity contribution is 5.53. The molecular formula is C20H17NO2. The van der Waals surface area contributed by atoms with Gasteiger partial charge in [-0.2, -0.15) is 0 Å². The van der Waals surface area contributed by atoms with Crippen LogP contribution >= 0.6 is 0 Å². The molecule has 3 nitrogen and oxygen atoms in total. The van der Waals surface area contributed by atoms with Crippen molar-refractivity contribution in [3.05, 3.63) is 71.6 Å². The second kappa shape index (κ2) is 6.85. The number of aryl methyl sites for hydroxylation is 1. The van der Waals surface area contributed by atoms with Gasteiger partial charge in [0.2, 0.25) is 5.89 Å². The first kappa shape index (κ1) is 14.9. The van der Waals surface area contributed by atoms with E-state index < -0.39 is 0 Å². The summed E-state index contributed by atoms with van der Waals surface area (Å²) in [4.78, 5) is 4.57. The van der Waals surface area contributed by atoms with Gasteiger partial charge in [-0.1, -0.05) is 24.1 Å². The van der Waals surface area contributed by atoms with Crippen molar-refractivity contribution in [3.8, 4) is 29.5 Å². The first-order chi connectivity index (χ1) is 11.3. The lowest BCUT2D eigenvalue weighted by atomic mass is 10.2. The van der Waals surface area contributed by atoms with Gasteiger partial charge < -0.3 is 9.15 Å². The van der Waals surface area contributed by atoms with Crippen LogP contribution in [-0.4, -0.2) is 11.6 Å². The van der Waals surface area contributed by atoms with Crippen LogP contribution in [0.25, 0.3) is 11.5 Å². The molecule has 0 atom stereocenters. The van der Waals surface area contributed by atoms with Crippen molar-refractivity contribution in [2.75, 3.05) is 6.61 Å². The number of hydrogen-bond acceptors (Lipinski definition) is 3. The molecule has 23 heavy (non-hydrogen) atoms. The van der Waals surface area contributed by atoms with E-state index in [2.05, 4.69) is 10.9 Å². The van der Waals surface area contributed by atoms with E-state index in [0.717, 1.165) is 28.3 Å². The first-order valence-corrected chi connectivity index (χ1v) is 7.47. The minimum Gasteiger partial charge on any atom is -0.493 e. The number of nitrogens with zero attached hydrogens (tertiary/aromatic N) is 1. The maximum Gasteiger partial charge on any atom is 0.226 e. The van der Waals surface area contributed by atoms with Crippen LogP contribution < -0.4 is 4.74 Å². The van der Waals surface area contributed by atoms with Gasteiger partial charge in [-0.3, -0.25) is 0 Å². The Kier molecular flexibility index (Phi) is 4.44. The van der Waals surface area contributed by atoms with Crippen molar-refractivity contribution < 1.29 is 9.15 Å². The number of rotatable bonds is 5. The van der Waals surface area contributed by atoms with Crippen molar-refractivity contribution >= 4 is 0 Å². The fourth-order valence-corrected chi connectivity index (χ4v) is 2.28. The van der Waals surface area contributed by atoms with E-state index in [0.29, 0.717) is 18.9 Å². The summed E-state index contributed by atoms with van der Waals surface area (Å²) in [5.41, 5.74) is 2.74. The number of benzene rings is 2. The summed E-state index contributed by atoms with van der Waals surface area (Å²) in [6.45, 7) is 2.47. The number of aromatic nitrogens is 1. The lowest BCUT2D eigenvalue weighted by Crippen LogP contribution is -2.02. The van der Waals surface area contributed by atoms with Gasteiger partial charge in [0.25, 0.3) is 0 Å². The third-order valence-electron chi connectivity index (χ3n) is 3.54. The zero-order chi connectivity index (χ0) is 16.1. The highest BCUT2D eigenvalue weighted by atomic mass is 16.5. The molecule has 0 N–H and O–H groups in total. The van der Waals surface area contributed by atoms with E-state index >= 15 is 0 Å². The van der Waals surface area contributed by atoms with Gasteiger partial charge in [0.15, 0.2) is 0 Å². The third-order valence-corrected chi connectivity index (χ3v) is 3.54. The maximum atomic E-state index is 5.74. The summed E-state index contributed by atoms with van der Waals surface area (Å²) >= 11 is 0. The molecule has 114 valence electrons. The largest absolute Gasteiger partial charge is 0.493 e. The van der Waals surface area contributed by atoms with E-state index in [1.54, 1.807) is 0 Å². The van der Waals surface area contributed by atoms with Crippen LogP contribution in [0.2, 0.25) is 0 Å². The molecule has 0 aliphatic rings. The van der Waals surface area contributed by atoms with Gasteiger partial charge >= 0.3 is 0 Å². The molecule has 0 aliphatic carbocycles. The molecular weight excluding hydrogens is 286 g/mol. The van der Waals surface area contributed by atoms with Crippen molar-refractivity contribution in [1.82, 2.24) is 4.98 Å². The molecule has 0 fully saturated rings. The van der Waals surface area contributed by atoms with E-state index in [9.17, 15) is 0 Å². The summed E-state index contributed by atoms with van der Waals surface area (Å²) in [5.74, 6) is 4.86. The fourth-order valence-electron chi connectivity index (χ4n) is 2.28. The quantitative estimate of drug-likeness (QED) is 0.661. The monoisotopic (exact) mass is 303 g/mol. The second-order valence-corrected chi connectivity index (χ2v) is 5.16. The van der Waals surface area contributed by atoms with Crippen LogP contribution in [0.1, 0.15) is 17.0 Å². The van der Waals surface area contributed by atoms with Crippen molar-refractivity contribution in [2.45, 2.75) is 13.3 Å². The molecule has 0 aliphatic heterocycles. The van der Waals surface area contributed by atoms with Gasteiger partial charge in [-0.15, -0.1) is 6.42 Å². The van der Waals surface area contributed by atoms with E-state index in [1.807, 2.05) is 61.5 Å². The lowest BCUT2D eigenvalue weighted by Gasteiger charge is -2.05. The standard InChI is InChI=1S/C20H17NO2/c1-3-16-9-11-18(12-10-16)22-14-13-19-15(2)23-20(21-19)17-7-5-4-6-8-17/h1,4-12H,13-14H2,2H3. The molecule has 3 aromatic rings. The summed E-state index contributed by atoms with van der Waals surface area (Å²) in [7, 11) is 0. The molecule has 0 unspecified atom stereocenters. The summed E-state index contributed by atoms with van der Waals surface area (Å²) in [6.07, 6.45) is 6.03. The van der Waals surface area contributed by atoms with Crippen molar-refractivity contribution in [3.63, 3.8) is 0 Å². The second-order valence-electron chi connectivity index (χ2n) is 5.16. The van der Waals surface area contributed by atoms with Crippen molar-refractivity contribution in [1.29, 1.82) is 0 Å². The topological polar surface area (TPSA) is 35.3 Å². The molecule has 0 spiro atoms. The number of ether oxygens (including phenoxy) is 1. The summed E-state index contributed by atoms with van der Waals surface area (Å²) in [5, 5.41) is 0. The molecule has 0 saturated carbocycles. The van der Waals surface area contributed by atoms with Gasteiger partial charge in [0.05, 0.1) is 12.3 Å². The number of hydrogen-bond donors (Lipinski definition) is 0. The predicted molar refractivity (Wildman–Crippen MR) is 90.3 cm³/mol. The van der Waals surface area contributed by atoms with Crippen LogP contribution in [0, 0.1) is 19.3 Å². The lowest BCUT2D eigenvalue weighted by molar-refractivity contribution is 0.320. The zero-order valence-corrected chi connectivity index (χ0v) is 13.0. The Hall–Kier alpha value is -2.99. The van der Waals surface area contributed by atoms with Crippen LogP contribution in [-0.2, 0) is 6.42 Å². The predicted octanol–water partition coefficient (Wildman–Crippen LogP) is 4.25. The average Bonchev–Trinajstić information content (AvgIpc) is 2.97. The number of terminal acetylenes is 1. The van der Waals surface area contributed by atoms with Crippen molar-refractivity contribution in [2.24, 2.45) is 0 Å². The van der Waals surface area contributed by atoms with Gasteiger partial charge in [0.1, 0.15) is 11.5 Å². The molecule has 0 bridgehead atoms. The van der Waals surface area contributed by atoms with Crippen LogP contribution in [0.5, 0.6) is 5.75 Å². The Bertz CT molecular complexity index is 811. The molecule has 3 rings (SSSR count). The first-order valence-electron chi connectivity index (χ1n) is 7.47. The normalized spacial score (nSPS) is 10.3. The zero-order valence-electron chi connectivity index (χ0n) is 13.0.